The maximum absolute atomic E-state index is 12.7. The van der Waals surface area contributed by atoms with E-state index in [-0.39, 0.29) is 18.5 Å². The summed E-state index contributed by atoms with van der Waals surface area (Å²) in [6.07, 6.45) is -1.07. The Morgan fingerprint density at radius 1 is 1.24 bits per heavy atom. The maximum atomic E-state index is 12.7. The topological polar surface area (TPSA) is 63.3 Å². The number of piperidine rings is 1. The smallest absolute Gasteiger partial charge is 0.382 e. The van der Waals surface area contributed by atoms with E-state index in [1.54, 1.807) is 18.2 Å². The molecule has 1 aromatic heterocycles. The van der Waals surface area contributed by atoms with Crippen molar-refractivity contribution < 1.29 is 18.0 Å². The second-order valence-electron chi connectivity index (χ2n) is 6.46. The first kappa shape index (κ1) is 17.6. The van der Waals surface area contributed by atoms with Gasteiger partial charge in [-0.1, -0.05) is 6.07 Å². The molecule has 25 heavy (non-hydrogen) atoms. The van der Waals surface area contributed by atoms with E-state index >= 15 is 0 Å². The standard InChI is InChI=1S/C17H21F3N4O/c18-17(19,20)11-24-9-6-13-14(2-1-3-15(13)24)22-12-4-7-23(8-5-12)10-16(21)25/h1-3,6,9,12,22H,4-5,7-8,10-11H2,(H2,21,25). The number of carbonyl (C=O) groups is 1. The van der Waals surface area contributed by atoms with E-state index in [4.69, 9.17) is 5.73 Å². The van der Waals surface area contributed by atoms with Gasteiger partial charge in [-0.15, -0.1) is 0 Å². The van der Waals surface area contributed by atoms with Gasteiger partial charge in [-0.2, -0.15) is 13.2 Å². The van der Waals surface area contributed by atoms with Gasteiger partial charge in [0, 0.05) is 36.4 Å². The Balaban J connectivity index is 1.69. The largest absolute Gasteiger partial charge is 0.406 e. The van der Waals surface area contributed by atoms with E-state index in [1.165, 1.54) is 10.8 Å². The van der Waals surface area contributed by atoms with Gasteiger partial charge < -0.3 is 15.6 Å². The SMILES string of the molecule is NC(=O)CN1CCC(Nc2cccc3c2ccn3CC(F)(F)F)CC1. The number of carbonyl (C=O) groups excluding carboxylic acids is 1. The second-order valence-corrected chi connectivity index (χ2v) is 6.46. The number of fused-ring (bicyclic) bond motifs is 1. The molecule has 0 spiro atoms. The van der Waals surface area contributed by atoms with Gasteiger partial charge in [0.05, 0.1) is 12.1 Å². The van der Waals surface area contributed by atoms with Crippen LogP contribution < -0.4 is 11.1 Å². The van der Waals surface area contributed by atoms with Crippen molar-refractivity contribution in [1.82, 2.24) is 9.47 Å². The fourth-order valence-corrected chi connectivity index (χ4v) is 3.36. The lowest BCUT2D eigenvalue weighted by Gasteiger charge is -2.32. The van der Waals surface area contributed by atoms with Crippen LogP contribution in [-0.4, -0.2) is 47.2 Å². The van der Waals surface area contributed by atoms with Crippen LogP contribution in [0.5, 0.6) is 0 Å². The molecule has 1 aromatic carbocycles. The summed E-state index contributed by atoms with van der Waals surface area (Å²) in [6, 6.07) is 7.28. The molecule has 1 aliphatic rings. The summed E-state index contributed by atoms with van der Waals surface area (Å²) in [5, 5.41) is 4.22. The molecule has 1 fully saturated rings. The predicted octanol–water partition coefficient (Wildman–Crippen LogP) is 2.57. The van der Waals surface area contributed by atoms with Gasteiger partial charge in [0.15, 0.2) is 0 Å². The molecule has 0 radical (unpaired) electrons. The highest BCUT2D eigenvalue weighted by Gasteiger charge is 2.28. The average molecular weight is 354 g/mol. The number of alkyl halides is 3. The number of benzene rings is 1. The zero-order valence-electron chi connectivity index (χ0n) is 13.7. The number of anilines is 1. The Labute approximate surface area is 143 Å². The normalized spacial score (nSPS) is 17.1. The van der Waals surface area contributed by atoms with Crippen molar-refractivity contribution in [2.24, 2.45) is 5.73 Å². The molecule has 1 amide bonds. The van der Waals surface area contributed by atoms with Crippen LogP contribution in [0.4, 0.5) is 18.9 Å². The molecular weight excluding hydrogens is 333 g/mol. The number of rotatable bonds is 5. The highest BCUT2D eigenvalue weighted by Crippen LogP contribution is 2.29. The Kier molecular flexibility index (Phi) is 4.89. The number of nitrogens with one attached hydrogen (secondary N) is 1. The quantitative estimate of drug-likeness (QED) is 0.867. The number of aromatic nitrogens is 1. The molecule has 136 valence electrons. The number of hydrogen-bond acceptors (Lipinski definition) is 3. The monoisotopic (exact) mass is 354 g/mol. The zero-order valence-corrected chi connectivity index (χ0v) is 13.7. The number of halogens is 3. The van der Waals surface area contributed by atoms with Crippen LogP contribution in [0.3, 0.4) is 0 Å². The van der Waals surface area contributed by atoms with E-state index in [0.29, 0.717) is 5.52 Å². The molecule has 0 saturated carbocycles. The molecule has 3 N–H and O–H groups in total. The van der Waals surface area contributed by atoms with E-state index in [2.05, 4.69) is 5.32 Å². The minimum atomic E-state index is -4.25. The number of primary amides is 1. The van der Waals surface area contributed by atoms with Crippen LogP contribution in [0.25, 0.3) is 10.9 Å². The van der Waals surface area contributed by atoms with Crippen molar-refractivity contribution in [3.63, 3.8) is 0 Å². The molecular formula is C17H21F3N4O. The van der Waals surface area contributed by atoms with E-state index in [1.807, 2.05) is 11.0 Å². The Morgan fingerprint density at radius 2 is 1.96 bits per heavy atom. The van der Waals surface area contributed by atoms with Crippen molar-refractivity contribution in [3.8, 4) is 0 Å². The molecule has 1 saturated heterocycles. The van der Waals surface area contributed by atoms with Gasteiger partial charge >= 0.3 is 6.18 Å². The highest BCUT2D eigenvalue weighted by atomic mass is 19.4. The number of nitrogens with zero attached hydrogens (tertiary/aromatic N) is 2. The molecule has 8 heteroatoms. The lowest BCUT2D eigenvalue weighted by Crippen LogP contribution is -2.42. The van der Waals surface area contributed by atoms with Crippen LogP contribution >= 0.6 is 0 Å². The molecule has 5 nitrogen and oxygen atoms in total. The summed E-state index contributed by atoms with van der Waals surface area (Å²) >= 11 is 0. The summed E-state index contributed by atoms with van der Waals surface area (Å²) in [4.78, 5) is 13.0. The zero-order chi connectivity index (χ0) is 18.0. The van der Waals surface area contributed by atoms with E-state index in [0.717, 1.165) is 37.0 Å². The van der Waals surface area contributed by atoms with Crippen molar-refractivity contribution in [2.45, 2.75) is 31.6 Å². The number of nitrogens with two attached hydrogens (primary N) is 1. The molecule has 3 rings (SSSR count). The van der Waals surface area contributed by atoms with Gasteiger partial charge in [-0.25, -0.2) is 0 Å². The first-order chi connectivity index (χ1) is 11.8. The maximum Gasteiger partial charge on any atom is 0.406 e. The van der Waals surface area contributed by atoms with Crippen LogP contribution in [0.15, 0.2) is 30.5 Å². The summed E-state index contributed by atoms with van der Waals surface area (Å²) < 4.78 is 39.2. The molecule has 0 aliphatic carbocycles. The average Bonchev–Trinajstić information content (AvgIpc) is 2.91. The van der Waals surface area contributed by atoms with Crippen LogP contribution in [-0.2, 0) is 11.3 Å². The minimum Gasteiger partial charge on any atom is -0.382 e. The fourth-order valence-electron chi connectivity index (χ4n) is 3.36. The third-order valence-electron chi connectivity index (χ3n) is 4.49. The van der Waals surface area contributed by atoms with Crippen molar-refractivity contribution >= 4 is 22.5 Å². The highest BCUT2D eigenvalue weighted by molar-refractivity contribution is 5.92. The van der Waals surface area contributed by atoms with E-state index < -0.39 is 12.7 Å². The second kappa shape index (κ2) is 6.95. The van der Waals surface area contributed by atoms with Crippen molar-refractivity contribution in [1.29, 1.82) is 0 Å². The van der Waals surface area contributed by atoms with Crippen molar-refractivity contribution in [3.05, 3.63) is 30.5 Å². The summed E-state index contributed by atoms with van der Waals surface area (Å²) in [5.41, 5.74) is 6.61. The number of amides is 1. The first-order valence-electron chi connectivity index (χ1n) is 8.23. The van der Waals surface area contributed by atoms with Crippen LogP contribution in [0.1, 0.15) is 12.8 Å². The van der Waals surface area contributed by atoms with E-state index in [9.17, 15) is 18.0 Å². The molecule has 0 unspecified atom stereocenters. The predicted molar refractivity (Wildman–Crippen MR) is 90.3 cm³/mol. The molecule has 2 aromatic rings. The van der Waals surface area contributed by atoms with Gasteiger partial charge in [-0.05, 0) is 31.0 Å². The third kappa shape index (κ3) is 4.45. The molecule has 2 heterocycles. The summed E-state index contributed by atoms with van der Waals surface area (Å²) in [6.45, 7) is 0.811. The summed E-state index contributed by atoms with van der Waals surface area (Å²) in [7, 11) is 0. The van der Waals surface area contributed by atoms with Crippen molar-refractivity contribution in [2.75, 3.05) is 25.0 Å². The molecule has 0 atom stereocenters. The first-order valence-corrected chi connectivity index (χ1v) is 8.23. The lowest BCUT2D eigenvalue weighted by molar-refractivity contribution is -0.139. The number of likely N-dealkylation sites (tertiary alicyclic amines) is 1. The van der Waals surface area contributed by atoms with Crippen LogP contribution in [0, 0.1) is 0 Å². The van der Waals surface area contributed by atoms with Gasteiger partial charge in [0.2, 0.25) is 5.91 Å². The third-order valence-corrected chi connectivity index (χ3v) is 4.49. The fraction of sp³-hybridized carbons (Fsp3) is 0.471. The Hall–Kier alpha value is -2.22. The van der Waals surface area contributed by atoms with Gasteiger partial charge in [-0.3, -0.25) is 9.69 Å². The number of hydrogen-bond donors (Lipinski definition) is 2. The summed E-state index contributed by atoms with van der Waals surface area (Å²) in [5.74, 6) is -0.331. The Bertz CT molecular complexity index is 748. The van der Waals surface area contributed by atoms with Gasteiger partial charge in [0.1, 0.15) is 6.54 Å². The lowest BCUT2D eigenvalue weighted by atomic mass is 10.0. The Morgan fingerprint density at radius 3 is 2.60 bits per heavy atom. The van der Waals surface area contributed by atoms with Gasteiger partial charge in [0.25, 0.3) is 0 Å². The van der Waals surface area contributed by atoms with Crippen LogP contribution in [0.2, 0.25) is 0 Å². The molecule has 0 bridgehead atoms. The molecule has 1 aliphatic heterocycles. The minimum absolute atomic E-state index is 0.223.